The van der Waals surface area contributed by atoms with Crippen LogP contribution in [0.25, 0.3) is 0 Å². The van der Waals surface area contributed by atoms with Gasteiger partial charge in [0.1, 0.15) is 18.3 Å². The molecule has 1 N–H and O–H groups in total. The molecule has 0 aliphatic carbocycles. The topological polar surface area (TPSA) is 96.0 Å². The summed E-state index contributed by atoms with van der Waals surface area (Å²) in [5.41, 5.74) is 2.09. The molecule has 0 heterocycles. The van der Waals surface area contributed by atoms with Crippen molar-refractivity contribution in [3.8, 4) is 5.75 Å². The third-order valence-electron chi connectivity index (χ3n) is 6.78. The fourth-order valence-electron chi connectivity index (χ4n) is 4.47. The van der Waals surface area contributed by atoms with E-state index in [2.05, 4.69) is 5.32 Å². The van der Waals surface area contributed by atoms with Gasteiger partial charge in [-0.15, -0.1) is 0 Å². The maximum absolute atomic E-state index is 14.2. The average molecular weight is 566 g/mol. The molecule has 0 saturated heterocycles. The van der Waals surface area contributed by atoms with Gasteiger partial charge < -0.3 is 15.0 Å². The minimum absolute atomic E-state index is 0.0449. The highest BCUT2D eigenvalue weighted by molar-refractivity contribution is 7.92. The molecule has 214 valence electrons. The second-order valence-electron chi connectivity index (χ2n) is 9.51. The van der Waals surface area contributed by atoms with Gasteiger partial charge in [0.05, 0.1) is 17.7 Å². The number of unbranched alkanes of at least 4 members (excludes halogenated alkanes) is 1. The largest absolute Gasteiger partial charge is 0.495 e. The van der Waals surface area contributed by atoms with E-state index in [4.69, 9.17) is 4.74 Å². The summed E-state index contributed by atoms with van der Waals surface area (Å²) in [4.78, 5) is 29.0. The van der Waals surface area contributed by atoms with Crippen LogP contribution in [0.5, 0.6) is 5.75 Å². The summed E-state index contributed by atoms with van der Waals surface area (Å²) in [6, 6.07) is 21.5. The lowest BCUT2D eigenvalue weighted by Crippen LogP contribution is -2.52. The van der Waals surface area contributed by atoms with Gasteiger partial charge in [0.25, 0.3) is 10.0 Å². The molecule has 3 aromatic carbocycles. The van der Waals surface area contributed by atoms with Crippen molar-refractivity contribution in [1.29, 1.82) is 0 Å². The van der Waals surface area contributed by atoms with Crippen LogP contribution in [0.15, 0.2) is 83.8 Å². The highest BCUT2D eigenvalue weighted by atomic mass is 32.2. The van der Waals surface area contributed by atoms with E-state index in [0.717, 1.165) is 28.3 Å². The van der Waals surface area contributed by atoms with Crippen LogP contribution in [0.4, 0.5) is 5.69 Å². The lowest BCUT2D eigenvalue weighted by molar-refractivity contribution is -0.140. The molecule has 3 rings (SSSR count). The van der Waals surface area contributed by atoms with Gasteiger partial charge in [-0.3, -0.25) is 13.9 Å². The Morgan fingerprint density at radius 3 is 2.23 bits per heavy atom. The number of hydrogen-bond acceptors (Lipinski definition) is 5. The van der Waals surface area contributed by atoms with Gasteiger partial charge in [0.15, 0.2) is 0 Å². The van der Waals surface area contributed by atoms with Crippen molar-refractivity contribution in [2.45, 2.75) is 57.5 Å². The third kappa shape index (κ3) is 7.41. The van der Waals surface area contributed by atoms with Crippen LogP contribution < -0.4 is 14.4 Å². The molecule has 0 saturated carbocycles. The molecule has 0 fully saturated rings. The molecule has 0 bridgehead atoms. The Labute approximate surface area is 238 Å². The fraction of sp³-hybridized carbons (Fsp3) is 0.355. The Morgan fingerprint density at radius 2 is 1.57 bits per heavy atom. The van der Waals surface area contributed by atoms with Gasteiger partial charge in [0, 0.05) is 13.1 Å². The van der Waals surface area contributed by atoms with E-state index < -0.39 is 28.5 Å². The van der Waals surface area contributed by atoms with E-state index in [1.807, 2.05) is 45.0 Å². The molecule has 2 amide bonds. The first-order valence-corrected chi connectivity index (χ1v) is 15.0. The molecule has 0 aromatic heterocycles. The standard InChI is InChI=1S/C31H39N3O5S/c1-5-7-21-32-31(36)27(6-2)33(22-25-16-12-11-15-24(25)3)30(35)23-34(28-19-13-14-20-29(28)39-4)40(37,38)26-17-9-8-10-18-26/h8-20,27H,5-7,21-23H2,1-4H3,(H,32,36)/t27-/m0/s1. The number of carbonyl (C=O) groups excluding carboxylic acids is 2. The molecule has 0 spiro atoms. The number of nitrogens with one attached hydrogen (secondary N) is 1. The van der Waals surface area contributed by atoms with Crippen molar-refractivity contribution < 1.29 is 22.7 Å². The third-order valence-corrected chi connectivity index (χ3v) is 8.56. The molecule has 9 heteroatoms. The molecule has 0 radical (unpaired) electrons. The predicted molar refractivity (Wildman–Crippen MR) is 158 cm³/mol. The van der Waals surface area contributed by atoms with Crippen LogP contribution in [-0.2, 0) is 26.2 Å². The lowest BCUT2D eigenvalue weighted by atomic mass is 10.1. The van der Waals surface area contributed by atoms with Gasteiger partial charge in [-0.25, -0.2) is 8.42 Å². The number of benzene rings is 3. The Bertz CT molecular complexity index is 1380. The minimum Gasteiger partial charge on any atom is -0.495 e. The van der Waals surface area contributed by atoms with Gasteiger partial charge in [-0.1, -0.05) is 74.9 Å². The monoisotopic (exact) mass is 565 g/mol. The summed E-state index contributed by atoms with van der Waals surface area (Å²) >= 11 is 0. The van der Waals surface area contributed by atoms with E-state index in [9.17, 15) is 18.0 Å². The van der Waals surface area contributed by atoms with Gasteiger partial charge >= 0.3 is 0 Å². The summed E-state index contributed by atoms with van der Waals surface area (Å²) in [6.45, 7) is 5.99. The summed E-state index contributed by atoms with van der Waals surface area (Å²) < 4.78 is 34.4. The Kier molecular flexibility index (Phi) is 11.1. The molecule has 40 heavy (non-hydrogen) atoms. The normalized spacial score (nSPS) is 11.9. The van der Waals surface area contributed by atoms with Crippen LogP contribution in [-0.4, -0.2) is 51.4 Å². The van der Waals surface area contributed by atoms with Crippen molar-refractivity contribution >= 4 is 27.5 Å². The van der Waals surface area contributed by atoms with Crippen LogP contribution in [0.3, 0.4) is 0 Å². The summed E-state index contributed by atoms with van der Waals surface area (Å²) in [5.74, 6) is -0.441. The number of hydrogen-bond donors (Lipinski definition) is 1. The van der Waals surface area contributed by atoms with Crippen LogP contribution in [0, 0.1) is 6.92 Å². The highest BCUT2D eigenvalue weighted by Gasteiger charge is 2.34. The number of aryl methyl sites for hydroxylation is 1. The first kappa shape index (κ1) is 30.7. The van der Waals surface area contributed by atoms with Gasteiger partial charge in [0.2, 0.25) is 11.8 Å². The van der Waals surface area contributed by atoms with Crippen molar-refractivity contribution in [2.24, 2.45) is 0 Å². The number of nitrogens with zero attached hydrogens (tertiary/aromatic N) is 2. The number of methoxy groups -OCH3 is 1. The maximum atomic E-state index is 14.2. The van der Waals surface area contributed by atoms with E-state index >= 15 is 0 Å². The van der Waals surface area contributed by atoms with Crippen molar-refractivity contribution in [2.75, 3.05) is 24.5 Å². The van der Waals surface area contributed by atoms with Crippen molar-refractivity contribution in [1.82, 2.24) is 10.2 Å². The number of amides is 2. The second-order valence-corrected chi connectivity index (χ2v) is 11.4. The molecule has 0 unspecified atom stereocenters. The van der Waals surface area contributed by atoms with Crippen LogP contribution in [0.2, 0.25) is 0 Å². The number of sulfonamides is 1. The molecule has 0 aliphatic rings. The number of carbonyl (C=O) groups is 2. The van der Waals surface area contributed by atoms with E-state index in [-0.39, 0.29) is 23.0 Å². The molecule has 1 atom stereocenters. The zero-order valence-corrected chi connectivity index (χ0v) is 24.5. The number of ether oxygens (including phenoxy) is 1. The van der Waals surface area contributed by atoms with Crippen LogP contribution >= 0.6 is 0 Å². The minimum atomic E-state index is -4.16. The first-order chi connectivity index (χ1) is 19.2. The molecule has 8 nitrogen and oxygen atoms in total. The molecular formula is C31H39N3O5S. The molecule has 0 aliphatic heterocycles. The smallest absolute Gasteiger partial charge is 0.264 e. The Morgan fingerprint density at radius 1 is 0.925 bits per heavy atom. The SMILES string of the molecule is CCCCNC(=O)[C@H](CC)N(Cc1ccccc1C)C(=O)CN(c1ccccc1OC)S(=O)(=O)c1ccccc1. The van der Waals surface area contributed by atoms with Crippen molar-refractivity contribution in [3.05, 3.63) is 90.0 Å². The summed E-state index contributed by atoms with van der Waals surface area (Å²) in [7, 11) is -2.71. The fourth-order valence-corrected chi connectivity index (χ4v) is 5.91. The quantitative estimate of drug-likeness (QED) is 0.280. The van der Waals surface area contributed by atoms with Gasteiger partial charge in [-0.05, 0) is 55.2 Å². The molecule has 3 aromatic rings. The van der Waals surface area contributed by atoms with Gasteiger partial charge in [-0.2, -0.15) is 0 Å². The zero-order chi connectivity index (χ0) is 29.1. The number of anilines is 1. The number of para-hydroxylation sites is 2. The molecular weight excluding hydrogens is 526 g/mol. The lowest BCUT2D eigenvalue weighted by Gasteiger charge is -2.33. The average Bonchev–Trinajstić information content (AvgIpc) is 2.97. The Balaban J connectivity index is 2.07. The summed E-state index contributed by atoms with van der Waals surface area (Å²) in [6.07, 6.45) is 2.12. The first-order valence-electron chi connectivity index (χ1n) is 13.6. The number of rotatable bonds is 14. The predicted octanol–water partition coefficient (Wildman–Crippen LogP) is 4.92. The van der Waals surface area contributed by atoms with E-state index in [0.29, 0.717) is 18.7 Å². The summed E-state index contributed by atoms with van der Waals surface area (Å²) in [5, 5.41) is 2.95. The highest BCUT2D eigenvalue weighted by Crippen LogP contribution is 2.32. The maximum Gasteiger partial charge on any atom is 0.264 e. The second kappa shape index (κ2) is 14.5. The van der Waals surface area contributed by atoms with Crippen LogP contribution in [0.1, 0.15) is 44.2 Å². The Hall–Kier alpha value is -3.85. The van der Waals surface area contributed by atoms with Crippen molar-refractivity contribution in [3.63, 3.8) is 0 Å². The van der Waals surface area contributed by atoms with E-state index in [1.54, 1.807) is 42.5 Å². The van der Waals surface area contributed by atoms with E-state index in [1.165, 1.54) is 24.1 Å². The zero-order valence-electron chi connectivity index (χ0n) is 23.7.